The van der Waals surface area contributed by atoms with Gasteiger partial charge in [-0.15, -0.1) is 0 Å². The first-order valence-electron chi connectivity index (χ1n) is 8.40. The Balaban J connectivity index is 1.50. The summed E-state index contributed by atoms with van der Waals surface area (Å²) in [7, 11) is 0. The van der Waals surface area contributed by atoms with Gasteiger partial charge in [-0.1, -0.05) is 0 Å². The number of hydrogen-bond donors (Lipinski definition) is 1. The Kier molecular flexibility index (Phi) is 3.34. The van der Waals surface area contributed by atoms with E-state index in [0.717, 1.165) is 65.3 Å². The van der Waals surface area contributed by atoms with Crippen molar-refractivity contribution in [3.63, 3.8) is 0 Å². The summed E-state index contributed by atoms with van der Waals surface area (Å²) in [6.07, 6.45) is 5.55. The van der Waals surface area contributed by atoms with Gasteiger partial charge in [0.05, 0.1) is 24.4 Å². The molecule has 0 saturated carbocycles. The van der Waals surface area contributed by atoms with Crippen LogP contribution in [0.2, 0.25) is 0 Å². The van der Waals surface area contributed by atoms with Gasteiger partial charge in [0.15, 0.2) is 0 Å². The van der Waals surface area contributed by atoms with Crippen LogP contribution in [0.15, 0.2) is 48.9 Å². The van der Waals surface area contributed by atoms with E-state index in [1.54, 1.807) is 6.20 Å². The number of rotatable bonds is 2. The molecular formula is C19H17N5O. The van der Waals surface area contributed by atoms with Gasteiger partial charge in [-0.05, 0) is 30.3 Å². The van der Waals surface area contributed by atoms with Crippen molar-refractivity contribution < 1.29 is 4.74 Å². The molecule has 5 heterocycles. The first-order chi connectivity index (χ1) is 12.4. The van der Waals surface area contributed by atoms with Crippen LogP contribution in [0.4, 0.5) is 5.82 Å². The first-order valence-corrected chi connectivity index (χ1v) is 8.40. The molecule has 0 aliphatic carbocycles. The van der Waals surface area contributed by atoms with Gasteiger partial charge in [-0.2, -0.15) is 0 Å². The number of hydrogen-bond acceptors (Lipinski definition) is 5. The molecule has 0 aromatic carbocycles. The lowest BCUT2D eigenvalue weighted by atomic mass is 10.1. The Bertz CT molecular complexity index is 1030. The third-order valence-electron chi connectivity index (χ3n) is 4.64. The topological polar surface area (TPSA) is 66.9 Å². The quantitative estimate of drug-likeness (QED) is 0.611. The number of fused-ring (bicyclic) bond motifs is 3. The number of aromatic amines is 1. The second kappa shape index (κ2) is 5.82. The molecule has 1 aliphatic rings. The first kappa shape index (κ1) is 14.4. The van der Waals surface area contributed by atoms with E-state index in [2.05, 4.69) is 38.1 Å². The Morgan fingerprint density at radius 1 is 0.960 bits per heavy atom. The van der Waals surface area contributed by atoms with Crippen molar-refractivity contribution in [2.24, 2.45) is 0 Å². The molecule has 25 heavy (non-hydrogen) atoms. The molecule has 1 saturated heterocycles. The predicted molar refractivity (Wildman–Crippen MR) is 97.7 cm³/mol. The summed E-state index contributed by atoms with van der Waals surface area (Å²) in [6, 6.07) is 10.2. The third kappa shape index (κ3) is 2.51. The van der Waals surface area contributed by atoms with Gasteiger partial charge >= 0.3 is 0 Å². The van der Waals surface area contributed by atoms with E-state index in [-0.39, 0.29) is 0 Å². The highest BCUT2D eigenvalue weighted by Gasteiger charge is 2.13. The number of anilines is 1. The van der Waals surface area contributed by atoms with Gasteiger partial charge in [-0.3, -0.25) is 4.98 Å². The van der Waals surface area contributed by atoms with Crippen LogP contribution in [-0.2, 0) is 4.74 Å². The fraction of sp³-hybridized carbons (Fsp3) is 0.211. The molecule has 6 nitrogen and oxygen atoms in total. The van der Waals surface area contributed by atoms with E-state index in [9.17, 15) is 0 Å². The van der Waals surface area contributed by atoms with Crippen molar-refractivity contribution in [1.82, 2.24) is 19.9 Å². The molecule has 6 heteroatoms. The molecule has 0 bridgehead atoms. The minimum Gasteiger partial charge on any atom is -0.378 e. The van der Waals surface area contributed by atoms with E-state index in [4.69, 9.17) is 9.72 Å². The molecule has 1 aliphatic heterocycles. The molecule has 0 spiro atoms. The number of H-pyrrole nitrogens is 1. The maximum Gasteiger partial charge on any atom is 0.139 e. The normalized spacial score (nSPS) is 15.1. The Morgan fingerprint density at radius 3 is 2.72 bits per heavy atom. The zero-order valence-electron chi connectivity index (χ0n) is 13.6. The van der Waals surface area contributed by atoms with Crippen molar-refractivity contribution in [2.75, 3.05) is 31.2 Å². The van der Waals surface area contributed by atoms with Crippen molar-refractivity contribution in [3.05, 3.63) is 48.9 Å². The third-order valence-corrected chi connectivity index (χ3v) is 4.64. The summed E-state index contributed by atoms with van der Waals surface area (Å²) in [6.45, 7) is 3.30. The minimum absolute atomic E-state index is 0.761. The zero-order valence-corrected chi connectivity index (χ0v) is 13.6. The number of ether oxygens (including phenoxy) is 1. The lowest BCUT2D eigenvalue weighted by Gasteiger charge is -2.27. The number of aromatic nitrogens is 4. The smallest absolute Gasteiger partial charge is 0.139 e. The fourth-order valence-electron chi connectivity index (χ4n) is 3.30. The maximum atomic E-state index is 5.39. The zero-order chi connectivity index (χ0) is 16.6. The Morgan fingerprint density at radius 2 is 1.88 bits per heavy atom. The second-order valence-electron chi connectivity index (χ2n) is 6.14. The summed E-state index contributed by atoms with van der Waals surface area (Å²) in [5.74, 6) is 0.991. The van der Waals surface area contributed by atoms with Gasteiger partial charge in [0.1, 0.15) is 11.5 Å². The summed E-state index contributed by atoms with van der Waals surface area (Å²) in [4.78, 5) is 19.2. The summed E-state index contributed by atoms with van der Waals surface area (Å²) in [5, 5.41) is 2.18. The van der Waals surface area contributed by atoms with Gasteiger partial charge in [0, 0.05) is 48.0 Å². The van der Waals surface area contributed by atoms with E-state index in [1.807, 2.05) is 24.5 Å². The number of nitrogens with zero attached hydrogens (tertiary/aromatic N) is 4. The number of nitrogens with one attached hydrogen (secondary N) is 1. The van der Waals surface area contributed by atoms with Crippen LogP contribution in [-0.4, -0.2) is 46.2 Å². The van der Waals surface area contributed by atoms with Crippen LogP contribution in [0, 0.1) is 0 Å². The average Bonchev–Trinajstić information content (AvgIpc) is 3.06. The molecule has 0 atom stereocenters. The highest BCUT2D eigenvalue weighted by Crippen LogP contribution is 2.27. The fourth-order valence-corrected chi connectivity index (χ4v) is 3.30. The predicted octanol–water partition coefficient (Wildman–Crippen LogP) is 3.01. The van der Waals surface area contributed by atoms with Crippen LogP contribution >= 0.6 is 0 Å². The van der Waals surface area contributed by atoms with Crippen molar-refractivity contribution in [1.29, 1.82) is 0 Å². The SMILES string of the molecule is c1cc2[nH]c3nc(-c4ccc(N5CCOCC5)nc4)ccc3c2cn1. The molecule has 1 fully saturated rings. The summed E-state index contributed by atoms with van der Waals surface area (Å²) < 4.78 is 5.39. The monoisotopic (exact) mass is 331 g/mol. The van der Waals surface area contributed by atoms with Crippen LogP contribution < -0.4 is 4.90 Å². The molecule has 1 N–H and O–H groups in total. The van der Waals surface area contributed by atoms with Crippen molar-refractivity contribution in [2.45, 2.75) is 0 Å². The molecule has 0 unspecified atom stereocenters. The van der Waals surface area contributed by atoms with Gasteiger partial charge in [0.25, 0.3) is 0 Å². The van der Waals surface area contributed by atoms with Crippen molar-refractivity contribution in [3.8, 4) is 11.3 Å². The average molecular weight is 331 g/mol. The lowest BCUT2D eigenvalue weighted by molar-refractivity contribution is 0.122. The van der Waals surface area contributed by atoms with Crippen LogP contribution in [0.5, 0.6) is 0 Å². The van der Waals surface area contributed by atoms with Crippen LogP contribution in [0.1, 0.15) is 0 Å². The minimum atomic E-state index is 0.761. The van der Waals surface area contributed by atoms with Crippen LogP contribution in [0.25, 0.3) is 33.2 Å². The largest absolute Gasteiger partial charge is 0.378 e. The summed E-state index contributed by atoms with van der Waals surface area (Å²) >= 11 is 0. The molecule has 0 radical (unpaired) electrons. The van der Waals surface area contributed by atoms with Gasteiger partial charge in [-0.25, -0.2) is 9.97 Å². The van der Waals surface area contributed by atoms with Crippen molar-refractivity contribution >= 4 is 27.8 Å². The molecule has 4 aromatic rings. The highest BCUT2D eigenvalue weighted by atomic mass is 16.5. The Labute approximate surface area is 144 Å². The van der Waals surface area contributed by atoms with Gasteiger partial charge < -0.3 is 14.6 Å². The molecule has 5 rings (SSSR count). The number of pyridine rings is 3. The summed E-state index contributed by atoms with van der Waals surface area (Å²) in [5.41, 5.74) is 3.84. The lowest BCUT2D eigenvalue weighted by Crippen LogP contribution is -2.36. The van der Waals surface area contributed by atoms with Crippen LogP contribution in [0.3, 0.4) is 0 Å². The van der Waals surface area contributed by atoms with E-state index in [0.29, 0.717) is 0 Å². The molecular weight excluding hydrogens is 314 g/mol. The van der Waals surface area contributed by atoms with E-state index >= 15 is 0 Å². The van der Waals surface area contributed by atoms with E-state index in [1.165, 1.54) is 0 Å². The molecule has 124 valence electrons. The standard InChI is InChI=1S/C19H17N5O/c1-4-18(24-7-9-25-10-8-24)21-11-13(1)16-3-2-14-15-12-20-6-5-17(15)23-19(14)22-16/h1-6,11-12H,7-10H2,(H,22,23). The second-order valence-corrected chi connectivity index (χ2v) is 6.14. The molecule has 0 amide bonds. The van der Waals surface area contributed by atoms with Gasteiger partial charge in [0.2, 0.25) is 0 Å². The highest BCUT2D eigenvalue weighted by molar-refractivity contribution is 6.05. The maximum absolute atomic E-state index is 5.39. The molecule has 4 aromatic heterocycles. The number of morpholine rings is 1. The Hall–Kier alpha value is -2.99. The van der Waals surface area contributed by atoms with E-state index < -0.39 is 0 Å².